The van der Waals surface area contributed by atoms with Crippen LogP contribution in [-0.2, 0) is 9.53 Å². The second-order valence-corrected chi connectivity index (χ2v) is 3.42. The summed E-state index contributed by atoms with van der Waals surface area (Å²) in [5, 5.41) is 9.13. The second-order valence-electron chi connectivity index (χ2n) is 3.42. The van der Waals surface area contributed by atoms with Crippen molar-refractivity contribution < 1.29 is 19.0 Å². The van der Waals surface area contributed by atoms with Gasteiger partial charge in [-0.05, 0) is 32.6 Å². The third kappa shape index (κ3) is 2.40. The van der Waals surface area contributed by atoms with Crippen LogP contribution in [-0.4, -0.2) is 29.5 Å². The van der Waals surface area contributed by atoms with E-state index in [1.54, 1.807) is 6.92 Å². The zero-order chi connectivity index (χ0) is 9.90. The van der Waals surface area contributed by atoms with Crippen molar-refractivity contribution in [2.24, 2.45) is 0 Å². The number of carbonyl (C=O) groups is 1. The number of esters is 1. The SMILES string of the molecule is CCOC(=O)C1(F)CCC(O)CC1. The van der Waals surface area contributed by atoms with Gasteiger partial charge in [0.05, 0.1) is 12.7 Å². The molecular weight excluding hydrogens is 175 g/mol. The molecule has 1 saturated carbocycles. The smallest absolute Gasteiger partial charge is 0.343 e. The van der Waals surface area contributed by atoms with Gasteiger partial charge in [-0.2, -0.15) is 0 Å². The van der Waals surface area contributed by atoms with Crippen LogP contribution < -0.4 is 0 Å². The minimum atomic E-state index is -1.85. The number of halogens is 1. The molecule has 0 atom stereocenters. The van der Waals surface area contributed by atoms with Gasteiger partial charge in [0.2, 0.25) is 5.67 Å². The van der Waals surface area contributed by atoms with Gasteiger partial charge in [-0.15, -0.1) is 0 Å². The molecule has 0 radical (unpaired) electrons. The number of hydrogen-bond acceptors (Lipinski definition) is 3. The van der Waals surface area contributed by atoms with Gasteiger partial charge >= 0.3 is 5.97 Å². The van der Waals surface area contributed by atoms with E-state index in [1.165, 1.54) is 0 Å². The molecular formula is C9H15FO3. The average Bonchev–Trinajstić information content (AvgIpc) is 2.11. The third-order valence-electron chi connectivity index (χ3n) is 2.39. The maximum atomic E-state index is 13.7. The first kappa shape index (κ1) is 10.4. The van der Waals surface area contributed by atoms with Gasteiger partial charge < -0.3 is 9.84 Å². The van der Waals surface area contributed by atoms with E-state index in [0.717, 1.165) is 0 Å². The quantitative estimate of drug-likeness (QED) is 0.665. The summed E-state index contributed by atoms with van der Waals surface area (Å²) in [6.45, 7) is 1.85. The Morgan fingerprint density at radius 2 is 2.15 bits per heavy atom. The summed E-state index contributed by atoms with van der Waals surface area (Å²) in [5.41, 5.74) is -1.85. The first-order valence-corrected chi connectivity index (χ1v) is 4.62. The summed E-state index contributed by atoms with van der Waals surface area (Å²) in [5.74, 6) is -0.776. The van der Waals surface area contributed by atoms with Gasteiger partial charge in [0, 0.05) is 0 Å². The van der Waals surface area contributed by atoms with E-state index < -0.39 is 17.7 Å². The summed E-state index contributed by atoms with van der Waals surface area (Å²) < 4.78 is 18.4. The van der Waals surface area contributed by atoms with Crippen molar-refractivity contribution in [3.05, 3.63) is 0 Å². The van der Waals surface area contributed by atoms with Crippen molar-refractivity contribution in [2.45, 2.75) is 44.4 Å². The van der Waals surface area contributed by atoms with Gasteiger partial charge in [-0.3, -0.25) is 0 Å². The Hall–Kier alpha value is -0.640. The standard InChI is InChI=1S/C9H15FO3/c1-2-13-8(12)9(10)5-3-7(11)4-6-9/h7,11H,2-6H2,1H3. The van der Waals surface area contributed by atoms with E-state index in [2.05, 4.69) is 4.74 Å². The van der Waals surface area contributed by atoms with Gasteiger partial charge in [-0.25, -0.2) is 9.18 Å². The Morgan fingerprint density at radius 1 is 1.62 bits per heavy atom. The molecule has 0 aliphatic heterocycles. The fraction of sp³-hybridized carbons (Fsp3) is 0.889. The van der Waals surface area contributed by atoms with Crippen LogP contribution in [0.25, 0.3) is 0 Å². The lowest BCUT2D eigenvalue weighted by Gasteiger charge is -2.29. The van der Waals surface area contributed by atoms with Crippen LogP contribution in [0.1, 0.15) is 32.6 Å². The lowest BCUT2D eigenvalue weighted by molar-refractivity contribution is -0.161. The highest BCUT2D eigenvalue weighted by Gasteiger charge is 2.43. The van der Waals surface area contributed by atoms with E-state index in [9.17, 15) is 9.18 Å². The van der Waals surface area contributed by atoms with E-state index in [0.29, 0.717) is 12.8 Å². The molecule has 1 rings (SSSR count). The van der Waals surface area contributed by atoms with E-state index in [1.807, 2.05) is 0 Å². The van der Waals surface area contributed by atoms with Crippen LogP contribution >= 0.6 is 0 Å². The van der Waals surface area contributed by atoms with Crippen molar-refractivity contribution in [3.8, 4) is 0 Å². The number of aliphatic hydroxyl groups excluding tert-OH is 1. The van der Waals surface area contributed by atoms with Crippen molar-refractivity contribution in [1.82, 2.24) is 0 Å². The number of hydrogen-bond donors (Lipinski definition) is 1. The van der Waals surface area contributed by atoms with Crippen molar-refractivity contribution >= 4 is 5.97 Å². The van der Waals surface area contributed by atoms with Crippen LogP contribution in [0.3, 0.4) is 0 Å². The van der Waals surface area contributed by atoms with Crippen molar-refractivity contribution in [3.63, 3.8) is 0 Å². The molecule has 13 heavy (non-hydrogen) atoms. The molecule has 1 N–H and O–H groups in total. The number of rotatable bonds is 2. The third-order valence-corrected chi connectivity index (χ3v) is 2.39. The molecule has 0 aromatic rings. The lowest BCUT2D eigenvalue weighted by atomic mass is 9.85. The number of carbonyl (C=O) groups excluding carboxylic acids is 1. The molecule has 1 fully saturated rings. The maximum Gasteiger partial charge on any atom is 0.343 e. The summed E-state index contributed by atoms with van der Waals surface area (Å²) in [4.78, 5) is 11.1. The first-order valence-electron chi connectivity index (χ1n) is 4.62. The Bertz CT molecular complexity index is 185. The first-order chi connectivity index (χ1) is 6.08. The van der Waals surface area contributed by atoms with Crippen LogP contribution in [0.15, 0.2) is 0 Å². The Morgan fingerprint density at radius 3 is 2.62 bits per heavy atom. The molecule has 0 spiro atoms. The van der Waals surface area contributed by atoms with Crippen molar-refractivity contribution in [1.29, 1.82) is 0 Å². The Balaban J connectivity index is 2.51. The van der Waals surface area contributed by atoms with E-state index in [4.69, 9.17) is 5.11 Å². The lowest BCUT2D eigenvalue weighted by Crippen LogP contribution is -2.40. The highest BCUT2D eigenvalue weighted by Crippen LogP contribution is 2.33. The number of ether oxygens (including phenoxy) is 1. The number of alkyl halides is 1. The summed E-state index contributed by atoms with van der Waals surface area (Å²) in [6, 6.07) is 0. The largest absolute Gasteiger partial charge is 0.464 e. The highest BCUT2D eigenvalue weighted by molar-refractivity contribution is 5.79. The monoisotopic (exact) mass is 190 g/mol. The molecule has 0 aromatic carbocycles. The minimum absolute atomic E-state index is 0.0764. The van der Waals surface area contributed by atoms with Crippen LogP contribution in [0, 0.1) is 0 Å². The molecule has 3 nitrogen and oxygen atoms in total. The molecule has 4 heteroatoms. The van der Waals surface area contributed by atoms with Gasteiger partial charge in [0.25, 0.3) is 0 Å². The Labute approximate surface area is 76.9 Å². The second kappa shape index (κ2) is 4.05. The normalized spacial score (nSPS) is 34.2. The van der Waals surface area contributed by atoms with Gasteiger partial charge in [-0.1, -0.05) is 0 Å². The van der Waals surface area contributed by atoms with Gasteiger partial charge in [0.1, 0.15) is 0 Å². The molecule has 1 aliphatic carbocycles. The summed E-state index contributed by atoms with van der Waals surface area (Å²) in [7, 11) is 0. The predicted molar refractivity (Wildman–Crippen MR) is 44.9 cm³/mol. The van der Waals surface area contributed by atoms with Crippen LogP contribution in [0.4, 0.5) is 4.39 Å². The topological polar surface area (TPSA) is 46.5 Å². The number of aliphatic hydroxyl groups is 1. The molecule has 76 valence electrons. The molecule has 0 bridgehead atoms. The van der Waals surface area contributed by atoms with Crippen molar-refractivity contribution in [2.75, 3.05) is 6.61 Å². The van der Waals surface area contributed by atoms with Crippen LogP contribution in [0.5, 0.6) is 0 Å². The molecule has 0 amide bonds. The molecule has 0 unspecified atom stereocenters. The molecule has 0 saturated heterocycles. The van der Waals surface area contributed by atoms with Gasteiger partial charge in [0.15, 0.2) is 0 Å². The molecule has 1 aliphatic rings. The fourth-order valence-electron chi connectivity index (χ4n) is 1.52. The summed E-state index contributed by atoms with van der Waals surface area (Å²) in [6.07, 6.45) is 0.378. The molecule has 0 aromatic heterocycles. The Kier molecular flexibility index (Phi) is 3.25. The predicted octanol–water partition coefficient (Wildman–Crippen LogP) is 1.19. The fourth-order valence-corrected chi connectivity index (χ4v) is 1.52. The van der Waals surface area contributed by atoms with E-state index in [-0.39, 0.29) is 19.4 Å². The van der Waals surface area contributed by atoms with Crippen LogP contribution in [0.2, 0.25) is 0 Å². The minimum Gasteiger partial charge on any atom is -0.464 e. The maximum absolute atomic E-state index is 13.7. The van der Waals surface area contributed by atoms with E-state index >= 15 is 0 Å². The summed E-state index contributed by atoms with van der Waals surface area (Å²) >= 11 is 0. The zero-order valence-corrected chi connectivity index (χ0v) is 7.75. The average molecular weight is 190 g/mol. The molecule has 0 heterocycles. The zero-order valence-electron chi connectivity index (χ0n) is 7.75. The highest BCUT2D eigenvalue weighted by atomic mass is 19.1.